The van der Waals surface area contributed by atoms with Gasteiger partial charge in [-0.1, -0.05) is 25.3 Å². The highest BCUT2D eigenvalue weighted by atomic mass is 79.9. The fourth-order valence-electron chi connectivity index (χ4n) is 5.21. The van der Waals surface area contributed by atoms with E-state index in [1.54, 1.807) is 6.07 Å². The van der Waals surface area contributed by atoms with Gasteiger partial charge in [-0.2, -0.15) is 4.98 Å². The van der Waals surface area contributed by atoms with Crippen molar-refractivity contribution < 1.29 is 9.90 Å². The highest BCUT2D eigenvalue weighted by molar-refractivity contribution is 9.10. The predicted octanol–water partition coefficient (Wildman–Crippen LogP) is 4.45. The van der Waals surface area contributed by atoms with Gasteiger partial charge in [0.15, 0.2) is 11.5 Å². The van der Waals surface area contributed by atoms with Gasteiger partial charge in [0.1, 0.15) is 5.75 Å². The van der Waals surface area contributed by atoms with E-state index in [-0.39, 0.29) is 17.7 Å². The number of likely N-dealkylation sites (N-methyl/N-ethyl adjacent to an activating group) is 1. The van der Waals surface area contributed by atoms with E-state index in [4.69, 9.17) is 4.98 Å². The molecule has 2 fully saturated rings. The minimum Gasteiger partial charge on any atom is -0.507 e. The molecule has 1 aromatic carbocycles. The molecule has 1 heterocycles. The Morgan fingerprint density at radius 1 is 1.12 bits per heavy atom. The lowest BCUT2D eigenvalue weighted by Crippen LogP contribution is -2.38. The number of carbonyl (C=O) groups excluding carboxylic acids is 1. The second-order valence-corrected chi connectivity index (χ2v) is 10.3. The number of phenols is 1. The first-order chi connectivity index (χ1) is 16.5. The molecular weight excluding hydrogens is 496 g/mol. The Morgan fingerprint density at radius 2 is 1.88 bits per heavy atom. The molecule has 0 aliphatic heterocycles. The van der Waals surface area contributed by atoms with E-state index in [1.807, 2.05) is 30.7 Å². The van der Waals surface area contributed by atoms with E-state index < -0.39 is 0 Å². The maximum Gasteiger partial charge on any atom is 0.271 e. The number of rotatable bonds is 9. The summed E-state index contributed by atoms with van der Waals surface area (Å²) in [5.74, 6) is 1.42. The summed E-state index contributed by atoms with van der Waals surface area (Å²) in [5, 5.41) is 23.6. The number of phenolic OH excluding ortho intramolecular Hbond substituents is 1. The lowest BCUT2D eigenvalue weighted by atomic mass is 9.96. The van der Waals surface area contributed by atoms with Gasteiger partial charge in [-0.05, 0) is 79.7 Å². The zero-order valence-electron chi connectivity index (χ0n) is 20.2. The van der Waals surface area contributed by atoms with Gasteiger partial charge in [-0.3, -0.25) is 9.36 Å². The van der Waals surface area contributed by atoms with Gasteiger partial charge >= 0.3 is 0 Å². The summed E-state index contributed by atoms with van der Waals surface area (Å²) in [6.07, 6.45) is 9.23. The second-order valence-electron chi connectivity index (χ2n) is 9.42. The van der Waals surface area contributed by atoms with Crippen LogP contribution in [0, 0.1) is 0 Å². The zero-order valence-corrected chi connectivity index (χ0v) is 21.7. The van der Waals surface area contributed by atoms with Crippen molar-refractivity contribution >= 4 is 33.6 Å². The molecule has 0 radical (unpaired) electrons. The molecule has 0 bridgehead atoms. The van der Waals surface area contributed by atoms with Crippen LogP contribution in [0.4, 0.5) is 11.8 Å². The van der Waals surface area contributed by atoms with Crippen LogP contribution < -0.4 is 21.3 Å². The molecule has 0 saturated heterocycles. The Kier molecular flexibility index (Phi) is 8.37. The molecule has 2 aliphatic carbocycles. The molecule has 186 valence electrons. The van der Waals surface area contributed by atoms with Crippen molar-refractivity contribution in [1.82, 2.24) is 20.2 Å². The first kappa shape index (κ1) is 24.9. The number of carbonyl (C=O) groups is 1. The van der Waals surface area contributed by atoms with E-state index in [9.17, 15) is 9.90 Å². The quantitative estimate of drug-likeness (QED) is 0.327. The minimum atomic E-state index is -0.133. The Labute approximate surface area is 210 Å². The Morgan fingerprint density at radius 3 is 2.59 bits per heavy atom. The molecule has 0 unspecified atom stereocenters. The molecule has 2 aliphatic rings. The van der Waals surface area contributed by atoms with Crippen molar-refractivity contribution in [3.63, 3.8) is 0 Å². The van der Waals surface area contributed by atoms with Crippen molar-refractivity contribution in [2.75, 3.05) is 24.2 Å². The van der Waals surface area contributed by atoms with E-state index in [0.717, 1.165) is 43.6 Å². The third-order valence-electron chi connectivity index (χ3n) is 7.02. The molecular formula is C25H37BrN6O2. The number of hydrogen-bond acceptors (Lipinski definition) is 6. The van der Waals surface area contributed by atoms with Crippen LogP contribution in [0.25, 0.3) is 0 Å². The summed E-state index contributed by atoms with van der Waals surface area (Å²) in [4.78, 5) is 18.3. The Hall–Kier alpha value is -2.26. The highest BCUT2D eigenvalue weighted by Crippen LogP contribution is 2.31. The molecule has 2 aromatic rings. The summed E-state index contributed by atoms with van der Waals surface area (Å²) in [6, 6.07) is 6.39. The number of nitrogens with zero attached hydrogens (tertiary/aromatic N) is 2. The summed E-state index contributed by atoms with van der Waals surface area (Å²) in [5.41, 5.74) is 1.52. The van der Waals surface area contributed by atoms with Crippen molar-refractivity contribution in [2.45, 2.75) is 83.0 Å². The van der Waals surface area contributed by atoms with Crippen LogP contribution in [-0.2, 0) is 6.54 Å². The van der Waals surface area contributed by atoms with Crippen LogP contribution in [0.2, 0.25) is 0 Å². The van der Waals surface area contributed by atoms with E-state index in [0.29, 0.717) is 41.2 Å². The lowest BCUT2D eigenvalue weighted by molar-refractivity contribution is 0.0948. The maximum atomic E-state index is 13.3. The van der Waals surface area contributed by atoms with Gasteiger partial charge in [0.2, 0.25) is 5.95 Å². The Balaban J connectivity index is 1.73. The molecule has 1 aromatic heterocycles. The molecule has 0 spiro atoms. The van der Waals surface area contributed by atoms with Crippen LogP contribution in [0.3, 0.4) is 0 Å². The molecule has 2 atom stereocenters. The third kappa shape index (κ3) is 5.68. The normalized spacial score (nSPS) is 20.9. The number of halogens is 1. The third-order valence-corrected chi connectivity index (χ3v) is 7.66. The fourth-order valence-corrected chi connectivity index (χ4v) is 5.63. The molecule has 8 nitrogen and oxygen atoms in total. The summed E-state index contributed by atoms with van der Waals surface area (Å²) < 4.78 is 2.62. The Bertz CT molecular complexity index is 988. The van der Waals surface area contributed by atoms with E-state index >= 15 is 0 Å². The van der Waals surface area contributed by atoms with Crippen molar-refractivity contribution in [1.29, 1.82) is 0 Å². The number of anilines is 2. The number of aromatic nitrogens is 2. The molecule has 1 amide bonds. The first-order valence-corrected chi connectivity index (χ1v) is 13.4. The van der Waals surface area contributed by atoms with Crippen molar-refractivity contribution in [2.24, 2.45) is 0 Å². The van der Waals surface area contributed by atoms with Gasteiger partial charge in [-0.25, -0.2) is 0 Å². The van der Waals surface area contributed by atoms with Gasteiger partial charge in [0, 0.05) is 24.7 Å². The van der Waals surface area contributed by atoms with Crippen molar-refractivity contribution in [3.8, 4) is 5.75 Å². The van der Waals surface area contributed by atoms with Crippen LogP contribution in [0.1, 0.15) is 74.3 Å². The number of aromatic hydroxyl groups is 1. The average Bonchev–Trinajstić information content (AvgIpc) is 3.41. The van der Waals surface area contributed by atoms with Crippen molar-refractivity contribution in [3.05, 3.63) is 33.9 Å². The van der Waals surface area contributed by atoms with Gasteiger partial charge in [0.25, 0.3) is 5.91 Å². The summed E-state index contributed by atoms with van der Waals surface area (Å²) >= 11 is 3.42. The average molecular weight is 534 g/mol. The van der Waals surface area contributed by atoms with E-state index in [2.05, 4.69) is 37.2 Å². The fraction of sp³-hybridized carbons (Fsp3) is 0.600. The molecule has 34 heavy (non-hydrogen) atoms. The highest BCUT2D eigenvalue weighted by Gasteiger charge is 2.31. The smallest absolute Gasteiger partial charge is 0.271 e. The second kappa shape index (κ2) is 11.4. The van der Waals surface area contributed by atoms with Gasteiger partial charge in [0.05, 0.1) is 11.0 Å². The van der Waals surface area contributed by atoms with E-state index in [1.165, 1.54) is 19.3 Å². The lowest BCUT2D eigenvalue weighted by Gasteiger charge is -2.24. The predicted molar refractivity (Wildman–Crippen MR) is 140 cm³/mol. The zero-order chi connectivity index (χ0) is 24.1. The molecule has 2 saturated carbocycles. The maximum absolute atomic E-state index is 13.3. The number of benzene rings is 1. The monoisotopic (exact) mass is 532 g/mol. The van der Waals surface area contributed by atoms with Crippen LogP contribution in [0.15, 0.2) is 22.7 Å². The minimum absolute atomic E-state index is 0.133. The number of nitrogens with one attached hydrogen (secondary N) is 4. The first-order valence-electron chi connectivity index (χ1n) is 12.6. The molecule has 4 rings (SSSR count). The molecule has 9 heteroatoms. The van der Waals surface area contributed by atoms with Crippen LogP contribution in [0.5, 0.6) is 5.75 Å². The SMILES string of the molecule is CCNC(=O)c1c(N[C@H]2CCC[C@H]2NC)nc(NC2CCCCC2)n1Cc1ccc(O)c(Br)c1. The largest absolute Gasteiger partial charge is 0.507 e. The summed E-state index contributed by atoms with van der Waals surface area (Å²) in [7, 11) is 1.99. The standard InChI is InChI=1S/C25H37BrN6O2/c1-3-28-24(34)22-23(30-20-11-7-10-19(20)27-2)31-25(29-17-8-5-4-6-9-17)32(22)15-16-12-13-21(33)18(26)14-16/h12-14,17,19-20,27,30,33H,3-11,15H2,1-2H3,(H,28,34)(H,29,31)/t19-,20+/m1/s1. The topological polar surface area (TPSA) is 103 Å². The van der Waals surface area contributed by atoms with Crippen LogP contribution in [-0.4, -0.2) is 52.3 Å². The summed E-state index contributed by atoms with van der Waals surface area (Å²) in [6.45, 7) is 2.94. The van der Waals surface area contributed by atoms with Crippen LogP contribution >= 0.6 is 15.9 Å². The number of hydrogen-bond donors (Lipinski definition) is 5. The molecule has 5 N–H and O–H groups in total. The number of imidazole rings is 1. The van der Waals surface area contributed by atoms with Gasteiger partial charge in [-0.15, -0.1) is 0 Å². The number of amides is 1. The van der Waals surface area contributed by atoms with Gasteiger partial charge < -0.3 is 26.4 Å².